The van der Waals surface area contributed by atoms with Gasteiger partial charge in [-0.2, -0.15) is 10.2 Å². The number of aryl methyl sites for hydroxylation is 3. The van der Waals surface area contributed by atoms with Crippen molar-refractivity contribution in [1.82, 2.24) is 19.6 Å². The highest BCUT2D eigenvalue weighted by atomic mass is 15.3. The largest absolute Gasteiger partial charge is 0.325 e. The van der Waals surface area contributed by atoms with Gasteiger partial charge in [-0.3, -0.25) is 9.36 Å². The van der Waals surface area contributed by atoms with E-state index in [0.717, 1.165) is 29.6 Å². The van der Waals surface area contributed by atoms with Crippen molar-refractivity contribution in [2.75, 3.05) is 0 Å². The highest BCUT2D eigenvalue weighted by molar-refractivity contribution is 5.81. The van der Waals surface area contributed by atoms with E-state index in [2.05, 4.69) is 22.3 Å². The van der Waals surface area contributed by atoms with Crippen LogP contribution in [0.2, 0.25) is 0 Å². The summed E-state index contributed by atoms with van der Waals surface area (Å²) in [6.45, 7) is 1.31. The van der Waals surface area contributed by atoms with Crippen LogP contribution < -0.4 is 5.73 Å². The number of nitrogens with zero attached hydrogens (tertiary/aromatic N) is 4. The normalized spacial score (nSPS) is 11.3. The van der Waals surface area contributed by atoms with Crippen molar-refractivity contribution in [2.24, 2.45) is 12.8 Å². The number of para-hydroxylation sites is 1. The van der Waals surface area contributed by atoms with E-state index in [1.54, 1.807) is 0 Å². The van der Waals surface area contributed by atoms with E-state index in [1.165, 1.54) is 5.56 Å². The van der Waals surface area contributed by atoms with Crippen molar-refractivity contribution >= 4 is 10.9 Å². The van der Waals surface area contributed by atoms with Gasteiger partial charge >= 0.3 is 0 Å². The van der Waals surface area contributed by atoms with Gasteiger partial charge in [0.15, 0.2) is 0 Å². The van der Waals surface area contributed by atoms with Crippen LogP contribution in [0.1, 0.15) is 11.3 Å². The number of fused-ring (bicyclic) bond motifs is 1. The molecule has 5 nitrogen and oxygen atoms in total. The van der Waals surface area contributed by atoms with Gasteiger partial charge in [0.05, 0.1) is 17.4 Å². The molecule has 0 aliphatic carbocycles. The predicted molar refractivity (Wildman–Crippen MR) is 74.5 cm³/mol. The zero-order chi connectivity index (χ0) is 13.2. The zero-order valence-corrected chi connectivity index (χ0v) is 11.0. The lowest BCUT2D eigenvalue weighted by atomic mass is 10.2. The summed E-state index contributed by atoms with van der Waals surface area (Å²) in [6.07, 6.45) is 4.86. The second kappa shape index (κ2) is 4.85. The molecule has 0 radical (unpaired) electrons. The average Bonchev–Trinajstić information content (AvgIpc) is 3.00. The van der Waals surface area contributed by atoms with E-state index in [0.29, 0.717) is 6.54 Å². The van der Waals surface area contributed by atoms with Crippen LogP contribution in [0.5, 0.6) is 0 Å². The van der Waals surface area contributed by atoms with E-state index in [9.17, 15) is 0 Å². The predicted octanol–water partition coefficient (Wildman–Crippen LogP) is 1.47. The van der Waals surface area contributed by atoms with Gasteiger partial charge in [-0.15, -0.1) is 0 Å². The first-order valence-corrected chi connectivity index (χ1v) is 6.40. The topological polar surface area (TPSA) is 61.7 Å². The molecule has 0 aliphatic rings. The quantitative estimate of drug-likeness (QED) is 0.768. The monoisotopic (exact) mass is 255 g/mol. The van der Waals surface area contributed by atoms with Gasteiger partial charge in [0.25, 0.3) is 0 Å². The van der Waals surface area contributed by atoms with Gasteiger partial charge in [-0.1, -0.05) is 18.2 Å². The summed E-state index contributed by atoms with van der Waals surface area (Å²) < 4.78 is 3.85. The maximum absolute atomic E-state index is 5.75. The molecule has 2 aromatic heterocycles. The Labute approximate surface area is 111 Å². The molecule has 2 N–H and O–H groups in total. The van der Waals surface area contributed by atoms with Crippen LogP contribution in [0.15, 0.2) is 36.7 Å². The van der Waals surface area contributed by atoms with Crippen molar-refractivity contribution in [3.8, 4) is 0 Å². The molecule has 1 aromatic carbocycles. The summed E-state index contributed by atoms with van der Waals surface area (Å²) >= 11 is 0. The van der Waals surface area contributed by atoms with Crippen LogP contribution in [0.3, 0.4) is 0 Å². The minimum atomic E-state index is 0.473. The van der Waals surface area contributed by atoms with Crippen molar-refractivity contribution in [3.05, 3.63) is 47.9 Å². The lowest BCUT2D eigenvalue weighted by Crippen LogP contribution is -2.04. The van der Waals surface area contributed by atoms with E-state index in [-0.39, 0.29) is 0 Å². The number of benzene rings is 1. The average molecular weight is 255 g/mol. The minimum Gasteiger partial charge on any atom is -0.325 e. The van der Waals surface area contributed by atoms with Crippen LogP contribution in [0.4, 0.5) is 0 Å². The molecule has 0 amide bonds. The van der Waals surface area contributed by atoms with Gasteiger partial charge < -0.3 is 5.73 Å². The van der Waals surface area contributed by atoms with E-state index in [4.69, 9.17) is 5.73 Å². The smallest absolute Gasteiger partial charge is 0.0838 e. The highest BCUT2D eigenvalue weighted by Crippen LogP contribution is 2.18. The Bertz CT molecular complexity index is 695. The van der Waals surface area contributed by atoms with Crippen LogP contribution in [-0.2, 0) is 26.6 Å². The third-order valence-electron chi connectivity index (χ3n) is 3.30. The Kier molecular flexibility index (Phi) is 3.05. The first kappa shape index (κ1) is 11.9. The molecule has 0 fully saturated rings. The van der Waals surface area contributed by atoms with Crippen molar-refractivity contribution in [3.63, 3.8) is 0 Å². The SMILES string of the molecule is Cn1cc(CCn2nc(CN)c3ccccc32)cn1. The zero-order valence-electron chi connectivity index (χ0n) is 11.0. The van der Waals surface area contributed by atoms with Gasteiger partial charge in [0, 0.05) is 31.7 Å². The molecule has 19 heavy (non-hydrogen) atoms. The Balaban J connectivity index is 1.88. The summed E-state index contributed by atoms with van der Waals surface area (Å²) in [6, 6.07) is 8.22. The lowest BCUT2D eigenvalue weighted by molar-refractivity contribution is 0.624. The Morgan fingerprint density at radius 1 is 1.26 bits per heavy atom. The van der Waals surface area contributed by atoms with Crippen LogP contribution >= 0.6 is 0 Å². The number of nitrogens with two attached hydrogens (primary N) is 1. The molecule has 0 aliphatic heterocycles. The number of hydrogen-bond acceptors (Lipinski definition) is 3. The second-order valence-corrected chi connectivity index (χ2v) is 4.66. The fraction of sp³-hybridized carbons (Fsp3) is 0.286. The molecule has 0 saturated heterocycles. The maximum Gasteiger partial charge on any atom is 0.0838 e. The number of rotatable bonds is 4. The molecular formula is C14H17N5. The first-order valence-electron chi connectivity index (χ1n) is 6.40. The third-order valence-corrected chi connectivity index (χ3v) is 3.30. The minimum absolute atomic E-state index is 0.473. The van der Waals surface area contributed by atoms with Crippen LogP contribution in [0, 0.1) is 0 Å². The van der Waals surface area contributed by atoms with Crippen molar-refractivity contribution in [1.29, 1.82) is 0 Å². The van der Waals surface area contributed by atoms with E-state index < -0.39 is 0 Å². The Morgan fingerprint density at radius 2 is 2.11 bits per heavy atom. The molecule has 98 valence electrons. The molecule has 3 aromatic rings. The molecule has 5 heteroatoms. The van der Waals surface area contributed by atoms with Gasteiger partial charge in [-0.25, -0.2) is 0 Å². The molecule has 0 saturated carbocycles. The van der Waals surface area contributed by atoms with Crippen LogP contribution in [-0.4, -0.2) is 19.6 Å². The number of hydrogen-bond donors (Lipinski definition) is 1. The molecule has 0 spiro atoms. The molecule has 2 heterocycles. The summed E-state index contributed by atoms with van der Waals surface area (Å²) in [7, 11) is 1.93. The third kappa shape index (κ3) is 2.24. The number of aromatic nitrogens is 4. The van der Waals surface area contributed by atoms with Gasteiger partial charge in [-0.05, 0) is 18.1 Å². The highest BCUT2D eigenvalue weighted by Gasteiger charge is 2.08. The maximum atomic E-state index is 5.75. The van der Waals surface area contributed by atoms with Gasteiger partial charge in [0.1, 0.15) is 0 Å². The molecule has 3 rings (SSSR count). The van der Waals surface area contributed by atoms with E-state index >= 15 is 0 Å². The van der Waals surface area contributed by atoms with Gasteiger partial charge in [0.2, 0.25) is 0 Å². The molecular weight excluding hydrogens is 238 g/mol. The van der Waals surface area contributed by atoms with Crippen molar-refractivity contribution in [2.45, 2.75) is 19.5 Å². The Hall–Kier alpha value is -2.14. The molecule has 0 bridgehead atoms. The van der Waals surface area contributed by atoms with E-state index in [1.807, 2.05) is 40.9 Å². The van der Waals surface area contributed by atoms with Crippen LogP contribution in [0.25, 0.3) is 10.9 Å². The second-order valence-electron chi connectivity index (χ2n) is 4.66. The molecule has 0 atom stereocenters. The summed E-state index contributed by atoms with van der Waals surface area (Å²) in [5.74, 6) is 0. The lowest BCUT2D eigenvalue weighted by Gasteiger charge is -2.01. The molecule has 0 unspecified atom stereocenters. The summed E-state index contributed by atoms with van der Waals surface area (Å²) in [5, 5.41) is 9.92. The summed E-state index contributed by atoms with van der Waals surface area (Å²) in [5.41, 5.74) is 9.07. The van der Waals surface area contributed by atoms with Crippen molar-refractivity contribution < 1.29 is 0 Å². The Morgan fingerprint density at radius 3 is 2.84 bits per heavy atom. The fourth-order valence-corrected chi connectivity index (χ4v) is 2.35. The standard InChI is InChI=1S/C14H17N5/c1-18-10-11(9-16-18)6-7-19-14-5-3-2-4-12(14)13(8-15)17-19/h2-5,9-10H,6-8,15H2,1H3. The first-order chi connectivity index (χ1) is 9.28. The fourth-order valence-electron chi connectivity index (χ4n) is 2.35. The summed E-state index contributed by atoms with van der Waals surface area (Å²) in [4.78, 5) is 0.